The Morgan fingerprint density at radius 3 is 2.19 bits per heavy atom. The van der Waals surface area contributed by atoms with Crippen LogP contribution in [0.5, 0.6) is 5.75 Å². The largest absolute Gasteiger partial charge is 0.465 e. The summed E-state index contributed by atoms with van der Waals surface area (Å²) in [7, 11) is 0. The van der Waals surface area contributed by atoms with E-state index in [1.54, 1.807) is 0 Å². The maximum atomic E-state index is 6.33. The number of ether oxygens (including phenoxy) is 2. The molecule has 1 aliphatic carbocycles. The lowest BCUT2D eigenvalue weighted by Crippen LogP contribution is -2.29. The lowest BCUT2D eigenvalue weighted by Gasteiger charge is -2.29. The summed E-state index contributed by atoms with van der Waals surface area (Å²) in [5, 5.41) is 0. The molecule has 0 bridgehead atoms. The standard InChI is InChI=1S/C24H38O2/c1-7-22(24(4,5)6)19-13-15-21(16-14-19)26-23(17-18(2)3)25-20-11-9-8-10-12-20/h7,13-16,18,20,23H,8-12,17H2,1-6H3/b22-7-. The SMILES string of the molecule is C/C=C(/c1ccc(OC(CC(C)C)OC2CCCCC2)cc1)C(C)(C)C. The van der Waals surface area contributed by atoms with E-state index in [1.807, 2.05) is 0 Å². The molecule has 1 atom stereocenters. The fraction of sp³-hybridized carbons (Fsp3) is 0.667. The molecule has 0 heterocycles. The highest BCUT2D eigenvalue weighted by Crippen LogP contribution is 2.34. The van der Waals surface area contributed by atoms with Crippen molar-refractivity contribution < 1.29 is 9.47 Å². The molecule has 1 aromatic carbocycles. The van der Waals surface area contributed by atoms with Crippen LogP contribution in [0.4, 0.5) is 0 Å². The molecule has 0 spiro atoms. The van der Waals surface area contributed by atoms with E-state index in [4.69, 9.17) is 9.47 Å². The Balaban J connectivity index is 2.05. The van der Waals surface area contributed by atoms with E-state index < -0.39 is 0 Å². The molecule has 0 radical (unpaired) electrons. The van der Waals surface area contributed by atoms with Gasteiger partial charge in [0.05, 0.1) is 6.10 Å². The summed E-state index contributed by atoms with van der Waals surface area (Å²) in [6.07, 6.45) is 9.62. The van der Waals surface area contributed by atoms with Crippen LogP contribution in [0.3, 0.4) is 0 Å². The Morgan fingerprint density at radius 2 is 1.69 bits per heavy atom. The minimum atomic E-state index is -0.146. The second-order valence-corrected chi connectivity index (χ2v) is 9.05. The van der Waals surface area contributed by atoms with Gasteiger partial charge in [-0.05, 0) is 54.4 Å². The Hall–Kier alpha value is -1.28. The zero-order valence-electron chi connectivity index (χ0n) is 17.7. The van der Waals surface area contributed by atoms with Crippen molar-refractivity contribution in [3.05, 3.63) is 35.9 Å². The van der Waals surface area contributed by atoms with Crippen molar-refractivity contribution in [1.82, 2.24) is 0 Å². The first-order chi connectivity index (χ1) is 12.3. The number of hydrogen-bond donors (Lipinski definition) is 0. The van der Waals surface area contributed by atoms with Crippen LogP contribution in [-0.2, 0) is 4.74 Å². The van der Waals surface area contributed by atoms with Crippen molar-refractivity contribution in [1.29, 1.82) is 0 Å². The molecule has 0 aromatic heterocycles. The highest BCUT2D eigenvalue weighted by Gasteiger charge is 2.22. The Bertz CT molecular complexity index is 557. The zero-order chi connectivity index (χ0) is 19.2. The average Bonchev–Trinajstić information content (AvgIpc) is 2.56. The van der Waals surface area contributed by atoms with E-state index in [0.717, 1.165) is 12.2 Å². The first-order valence-electron chi connectivity index (χ1n) is 10.4. The molecule has 1 unspecified atom stereocenters. The maximum Gasteiger partial charge on any atom is 0.200 e. The van der Waals surface area contributed by atoms with E-state index in [0.29, 0.717) is 12.0 Å². The molecule has 0 aliphatic heterocycles. The normalized spacial score (nSPS) is 18.2. The van der Waals surface area contributed by atoms with E-state index >= 15 is 0 Å². The highest BCUT2D eigenvalue weighted by atomic mass is 16.7. The van der Waals surface area contributed by atoms with Gasteiger partial charge in [-0.15, -0.1) is 0 Å². The predicted octanol–water partition coefficient (Wildman–Crippen LogP) is 7.24. The summed E-state index contributed by atoms with van der Waals surface area (Å²) in [5.74, 6) is 1.46. The topological polar surface area (TPSA) is 18.5 Å². The summed E-state index contributed by atoms with van der Waals surface area (Å²) < 4.78 is 12.6. The molecule has 1 aromatic rings. The van der Waals surface area contributed by atoms with Crippen LogP contribution in [0.2, 0.25) is 0 Å². The molecule has 1 saturated carbocycles. The molecule has 0 saturated heterocycles. The Morgan fingerprint density at radius 1 is 1.08 bits per heavy atom. The van der Waals surface area contributed by atoms with Crippen LogP contribution in [0, 0.1) is 11.3 Å². The second-order valence-electron chi connectivity index (χ2n) is 9.05. The van der Waals surface area contributed by atoms with Crippen molar-refractivity contribution in [2.24, 2.45) is 11.3 Å². The van der Waals surface area contributed by atoms with Gasteiger partial charge < -0.3 is 9.47 Å². The third-order valence-corrected chi connectivity index (χ3v) is 5.09. The van der Waals surface area contributed by atoms with Crippen LogP contribution in [0.15, 0.2) is 30.3 Å². The van der Waals surface area contributed by atoms with Gasteiger partial charge in [-0.25, -0.2) is 0 Å². The maximum absolute atomic E-state index is 6.33. The van der Waals surface area contributed by atoms with Gasteiger partial charge in [-0.2, -0.15) is 0 Å². The van der Waals surface area contributed by atoms with Gasteiger partial charge in [0.2, 0.25) is 0 Å². The van der Waals surface area contributed by atoms with Crippen molar-refractivity contribution in [2.45, 2.75) is 92.5 Å². The first kappa shape index (κ1) is 21.0. The van der Waals surface area contributed by atoms with Crippen LogP contribution in [-0.4, -0.2) is 12.4 Å². The van der Waals surface area contributed by atoms with Gasteiger partial charge in [0.15, 0.2) is 6.29 Å². The summed E-state index contributed by atoms with van der Waals surface area (Å²) in [6.45, 7) is 13.3. The number of benzene rings is 1. The molecule has 1 fully saturated rings. The van der Waals surface area contributed by atoms with Gasteiger partial charge in [0.25, 0.3) is 0 Å². The van der Waals surface area contributed by atoms with E-state index in [9.17, 15) is 0 Å². The fourth-order valence-corrected chi connectivity index (χ4v) is 3.83. The number of hydrogen-bond acceptors (Lipinski definition) is 2. The molecule has 0 N–H and O–H groups in total. The predicted molar refractivity (Wildman–Crippen MR) is 111 cm³/mol. The quantitative estimate of drug-likeness (QED) is 0.478. The van der Waals surface area contributed by atoms with E-state index in [1.165, 1.54) is 43.2 Å². The van der Waals surface area contributed by atoms with Gasteiger partial charge in [0.1, 0.15) is 5.75 Å². The summed E-state index contributed by atoms with van der Waals surface area (Å²) in [6, 6.07) is 8.51. The second kappa shape index (κ2) is 9.60. The molecular formula is C24H38O2. The minimum Gasteiger partial charge on any atom is -0.465 e. The third-order valence-electron chi connectivity index (χ3n) is 5.09. The molecule has 2 rings (SSSR count). The smallest absolute Gasteiger partial charge is 0.200 e. The van der Waals surface area contributed by atoms with Crippen molar-refractivity contribution in [3.63, 3.8) is 0 Å². The monoisotopic (exact) mass is 358 g/mol. The Kier molecular flexibility index (Phi) is 7.76. The zero-order valence-corrected chi connectivity index (χ0v) is 17.7. The average molecular weight is 359 g/mol. The van der Waals surface area contributed by atoms with Crippen LogP contribution >= 0.6 is 0 Å². The lowest BCUT2D eigenvalue weighted by molar-refractivity contribution is -0.136. The third kappa shape index (κ3) is 6.46. The van der Waals surface area contributed by atoms with Gasteiger partial charge in [-0.3, -0.25) is 0 Å². The lowest BCUT2D eigenvalue weighted by atomic mass is 9.82. The van der Waals surface area contributed by atoms with Gasteiger partial charge >= 0.3 is 0 Å². The summed E-state index contributed by atoms with van der Waals surface area (Å²) in [5.41, 5.74) is 2.77. The molecule has 0 amide bonds. The molecule has 2 heteroatoms. The fourth-order valence-electron chi connectivity index (χ4n) is 3.83. The van der Waals surface area contributed by atoms with E-state index in [2.05, 4.69) is 71.9 Å². The van der Waals surface area contributed by atoms with Crippen molar-refractivity contribution in [2.75, 3.05) is 0 Å². The highest BCUT2D eigenvalue weighted by molar-refractivity contribution is 5.69. The summed E-state index contributed by atoms with van der Waals surface area (Å²) in [4.78, 5) is 0. The van der Waals surface area contributed by atoms with Gasteiger partial charge in [0, 0.05) is 6.42 Å². The number of allylic oxidation sites excluding steroid dienone is 2. The van der Waals surface area contributed by atoms with Gasteiger partial charge in [-0.1, -0.05) is 72.1 Å². The molecular weight excluding hydrogens is 320 g/mol. The molecule has 146 valence electrons. The molecule has 2 nitrogen and oxygen atoms in total. The minimum absolute atomic E-state index is 0.140. The first-order valence-corrected chi connectivity index (χ1v) is 10.4. The Labute approximate surface area is 161 Å². The summed E-state index contributed by atoms with van der Waals surface area (Å²) >= 11 is 0. The van der Waals surface area contributed by atoms with E-state index in [-0.39, 0.29) is 11.7 Å². The van der Waals surface area contributed by atoms with Crippen molar-refractivity contribution >= 4 is 5.57 Å². The van der Waals surface area contributed by atoms with Crippen molar-refractivity contribution in [3.8, 4) is 5.75 Å². The van der Waals surface area contributed by atoms with Crippen LogP contribution < -0.4 is 4.74 Å². The van der Waals surface area contributed by atoms with Crippen LogP contribution in [0.25, 0.3) is 5.57 Å². The molecule has 1 aliphatic rings. The van der Waals surface area contributed by atoms with Crippen LogP contribution in [0.1, 0.15) is 85.6 Å². The number of rotatable bonds is 7. The molecule has 26 heavy (non-hydrogen) atoms.